The molecule has 1 aliphatic rings. The van der Waals surface area contributed by atoms with E-state index in [-0.39, 0.29) is 23.4 Å². The molecule has 0 amide bonds. The molecule has 0 spiro atoms. The third kappa shape index (κ3) is 5.26. The summed E-state index contributed by atoms with van der Waals surface area (Å²) in [5.74, 6) is -1.71. The molecule has 0 bridgehead atoms. The molecule has 3 aromatic carbocycles. The zero-order valence-corrected chi connectivity index (χ0v) is 21.5. The Hall–Kier alpha value is -3.80. The van der Waals surface area contributed by atoms with E-state index in [1.165, 1.54) is 19.9 Å². The summed E-state index contributed by atoms with van der Waals surface area (Å²) >= 11 is 6.16. The summed E-state index contributed by atoms with van der Waals surface area (Å²) in [7, 11) is 0. The minimum atomic E-state index is -1.63. The van der Waals surface area contributed by atoms with E-state index in [1.54, 1.807) is 12.1 Å². The first-order valence-electron chi connectivity index (χ1n) is 12.2. The van der Waals surface area contributed by atoms with E-state index in [9.17, 15) is 14.4 Å². The molecule has 0 saturated carbocycles. The van der Waals surface area contributed by atoms with Crippen LogP contribution in [0.5, 0.6) is 0 Å². The Bertz CT molecular complexity index is 1550. The summed E-state index contributed by atoms with van der Waals surface area (Å²) in [6, 6.07) is 20.9. The molecule has 1 aromatic heterocycles. The summed E-state index contributed by atoms with van der Waals surface area (Å²) in [5, 5.41) is 16.1. The van der Waals surface area contributed by atoms with Crippen molar-refractivity contribution in [2.75, 3.05) is 13.1 Å². The predicted molar refractivity (Wildman–Crippen MR) is 140 cm³/mol. The number of aromatic nitrogens is 2. The third-order valence-corrected chi connectivity index (χ3v) is 7.25. The molecule has 1 saturated heterocycles. The highest BCUT2D eigenvalue weighted by Crippen LogP contribution is 2.46. The minimum absolute atomic E-state index is 0.106. The molecular weight excluding hydrogens is 510 g/mol. The van der Waals surface area contributed by atoms with Gasteiger partial charge in [-0.25, -0.2) is 18.7 Å². The lowest BCUT2D eigenvalue weighted by molar-refractivity contribution is 0.00813. The van der Waals surface area contributed by atoms with Crippen LogP contribution in [0.2, 0.25) is 5.02 Å². The zero-order chi connectivity index (χ0) is 27.0. The molecule has 0 radical (unpaired) electrons. The number of benzene rings is 3. The van der Waals surface area contributed by atoms with Gasteiger partial charge in [-0.1, -0.05) is 35.9 Å². The SMILES string of the molecule is CC(C)(F)[C@H](c1cc(F)cc(C#N)c1)C1CN(C(c2ccc(Cl)cc2)c2cccc(-c3n[nH]c(=O)o3)c2)C1. The van der Waals surface area contributed by atoms with Crippen LogP contribution >= 0.6 is 11.6 Å². The van der Waals surface area contributed by atoms with Gasteiger partial charge in [0.2, 0.25) is 5.89 Å². The smallest absolute Gasteiger partial charge is 0.388 e. The van der Waals surface area contributed by atoms with Gasteiger partial charge >= 0.3 is 5.76 Å². The van der Waals surface area contributed by atoms with Crippen molar-refractivity contribution in [1.82, 2.24) is 15.1 Å². The molecule has 6 nitrogen and oxygen atoms in total. The highest BCUT2D eigenvalue weighted by Gasteiger charge is 2.45. The molecular formula is C29H25ClF2N4O2. The first-order valence-corrected chi connectivity index (χ1v) is 12.5. The maximum atomic E-state index is 15.6. The second-order valence-corrected chi connectivity index (χ2v) is 10.6. The Kier molecular flexibility index (Phi) is 6.91. The number of hydrogen-bond donors (Lipinski definition) is 1. The first kappa shape index (κ1) is 25.8. The average Bonchev–Trinajstić information content (AvgIpc) is 3.29. The number of hydrogen-bond acceptors (Lipinski definition) is 5. The van der Waals surface area contributed by atoms with E-state index in [1.807, 2.05) is 48.5 Å². The van der Waals surface area contributed by atoms with E-state index < -0.39 is 23.2 Å². The molecule has 1 unspecified atom stereocenters. The lowest BCUT2D eigenvalue weighted by Crippen LogP contribution is -2.53. The maximum absolute atomic E-state index is 15.6. The number of rotatable bonds is 7. The lowest BCUT2D eigenvalue weighted by atomic mass is 9.72. The number of alkyl halides is 1. The quantitative estimate of drug-likeness (QED) is 0.303. The van der Waals surface area contributed by atoms with Crippen LogP contribution in [0.4, 0.5) is 8.78 Å². The number of aromatic amines is 1. The number of H-pyrrole nitrogens is 1. The number of nitrogens with zero attached hydrogens (tertiary/aromatic N) is 3. The molecule has 38 heavy (non-hydrogen) atoms. The predicted octanol–water partition coefficient (Wildman–Crippen LogP) is 6.25. The molecule has 2 atom stereocenters. The summed E-state index contributed by atoms with van der Waals surface area (Å²) in [6.07, 6.45) is 0. The molecule has 5 rings (SSSR count). The van der Waals surface area contributed by atoms with Crippen molar-refractivity contribution in [1.29, 1.82) is 5.26 Å². The molecule has 4 aromatic rings. The summed E-state index contributed by atoms with van der Waals surface area (Å²) < 4.78 is 35.0. The van der Waals surface area contributed by atoms with Crippen molar-refractivity contribution in [3.63, 3.8) is 0 Å². The van der Waals surface area contributed by atoms with Crippen molar-refractivity contribution < 1.29 is 13.2 Å². The van der Waals surface area contributed by atoms with E-state index in [4.69, 9.17) is 16.0 Å². The van der Waals surface area contributed by atoms with Gasteiger partial charge in [0.1, 0.15) is 11.5 Å². The molecule has 0 aliphatic carbocycles. The normalized spacial score (nSPS) is 16.0. The first-order chi connectivity index (χ1) is 18.1. The van der Waals surface area contributed by atoms with Crippen LogP contribution in [-0.2, 0) is 0 Å². The lowest BCUT2D eigenvalue weighted by Gasteiger charge is -2.50. The van der Waals surface area contributed by atoms with Gasteiger partial charge < -0.3 is 4.42 Å². The van der Waals surface area contributed by atoms with Crippen molar-refractivity contribution in [2.24, 2.45) is 5.92 Å². The van der Waals surface area contributed by atoms with Gasteiger partial charge in [0.15, 0.2) is 0 Å². The van der Waals surface area contributed by atoms with Crippen LogP contribution in [0.15, 0.2) is 75.9 Å². The van der Waals surface area contributed by atoms with E-state index >= 15 is 4.39 Å². The highest BCUT2D eigenvalue weighted by atomic mass is 35.5. The molecule has 1 fully saturated rings. The van der Waals surface area contributed by atoms with Gasteiger partial charge in [-0.05, 0) is 78.9 Å². The van der Waals surface area contributed by atoms with Crippen molar-refractivity contribution >= 4 is 11.6 Å². The van der Waals surface area contributed by atoms with Crippen LogP contribution in [0, 0.1) is 23.1 Å². The summed E-state index contributed by atoms with van der Waals surface area (Å²) in [6.45, 7) is 4.08. The minimum Gasteiger partial charge on any atom is -0.388 e. The standard InChI is InChI=1S/C29H25ClF2N4O2/c1-29(2,32)25(21-10-17(14-33)11-24(31)13-21)22-15-36(16-22)26(18-6-8-23(30)9-7-18)19-4-3-5-20(12-19)27-34-35-28(37)38-27/h3-13,22,25-26H,15-16H2,1-2H3,(H,35,37)/t25-,26?/m1/s1. The molecule has 9 heteroatoms. The van der Waals surface area contributed by atoms with Crippen LogP contribution in [0.3, 0.4) is 0 Å². The summed E-state index contributed by atoms with van der Waals surface area (Å²) in [4.78, 5) is 13.7. The average molecular weight is 535 g/mol. The fraction of sp³-hybridized carbons (Fsp3) is 0.276. The summed E-state index contributed by atoms with van der Waals surface area (Å²) in [5.41, 5.74) is 1.58. The topological polar surface area (TPSA) is 85.9 Å². The van der Waals surface area contributed by atoms with Gasteiger partial charge in [-0.2, -0.15) is 5.26 Å². The number of nitriles is 1. The zero-order valence-electron chi connectivity index (χ0n) is 20.8. The molecule has 194 valence electrons. The third-order valence-electron chi connectivity index (χ3n) is 7.00. The monoisotopic (exact) mass is 534 g/mol. The van der Waals surface area contributed by atoms with E-state index in [0.717, 1.165) is 17.2 Å². The fourth-order valence-corrected chi connectivity index (χ4v) is 5.64. The van der Waals surface area contributed by atoms with Gasteiger partial charge in [-0.3, -0.25) is 4.90 Å². The Morgan fingerprint density at radius 1 is 1.11 bits per heavy atom. The Morgan fingerprint density at radius 3 is 2.47 bits per heavy atom. The van der Waals surface area contributed by atoms with E-state index in [2.05, 4.69) is 15.1 Å². The maximum Gasteiger partial charge on any atom is 0.434 e. The second-order valence-electron chi connectivity index (χ2n) is 10.1. The fourth-order valence-electron chi connectivity index (χ4n) is 5.51. The van der Waals surface area contributed by atoms with Crippen LogP contribution in [0.1, 0.15) is 48.1 Å². The van der Waals surface area contributed by atoms with Crippen LogP contribution in [0.25, 0.3) is 11.5 Å². The second kappa shape index (κ2) is 10.2. The largest absolute Gasteiger partial charge is 0.434 e. The van der Waals surface area contributed by atoms with Crippen molar-refractivity contribution in [2.45, 2.75) is 31.5 Å². The number of halogens is 3. The van der Waals surface area contributed by atoms with Gasteiger partial charge in [0.05, 0.1) is 17.7 Å². The van der Waals surface area contributed by atoms with E-state index in [0.29, 0.717) is 29.2 Å². The Balaban J connectivity index is 1.48. The van der Waals surface area contributed by atoms with Gasteiger partial charge in [0.25, 0.3) is 0 Å². The van der Waals surface area contributed by atoms with Crippen molar-refractivity contribution in [3.8, 4) is 17.5 Å². The van der Waals surface area contributed by atoms with Gasteiger partial charge in [0, 0.05) is 29.6 Å². The molecule has 2 heterocycles. The highest BCUT2D eigenvalue weighted by molar-refractivity contribution is 6.30. The molecule has 1 N–H and O–H groups in total. The molecule has 1 aliphatic heterocycles. The van der Waals surface area contributed by atoms with Crippen molar-refractivity contribution in [3.05, 3.63) is 110 Å². The van der Waals surface area contributed by atoms with Gasteiger partial charge in [-0.15, -0.1) is 5.10 Å². The Morgan fingerprint density at radius 2 is 1.84 bits per heavy atom. The Labute approximate surface area is 223 Å². The van der Waals surface area contributed by atoms with Crippen LogP contribution in [-0.4, -0.2) is 33.9 Å². The number of nitrogens with one attached hydrogen (secondary N) is 1. The number of likely N-dealkylation sites (tertiary alicyclic amines) is 1. The van der Waals surface area contributed by atoms with Crippen LogP contribution < -0.4 is 5.76 Å².